The smallest absolute Gasteiger partial charge is 0.180 e. The maximum atomic E-state index is 8.92. The van der Waals surface area contributed by atoms with Crippen molar-refractivity contribution in [1.29, 1.82) is 0 Å². The third-order valence-corrected chi connectivity index (χ3v) is 2.12. The number of fused-ring (bicyclic) bond motifs is 1. The number of aliphatic hydroxyl groups excluding tert-OH is 2. The fourth-order valence-electron chi connectivity index (χ4n) is 1.29. The zero-order valence-corrected chi connectivity index (χ0v) is 8.54. The van der Waals surface area contributed by atoms with Crippen LogP contribution in [-0.4, -0.2) is 44.4 Å². The highest BCUT2D eigenvalue weighted by Crippen LogP contribution is 2.10. The predicted molar refractivity (Wildman–Crippen MR) is 58.9 cm³/mol. The van der Waals surface area contributed by atoms with Crippen LogP contribution >= 0.6 is 0 Å². The lowest BCUT2D eigenvalue weighted by Gasteiger charge is -2.13. The highest BCUT2D eigenvalue weighted by atomic mass is 16.3. The summed E-state index contributed by atoms with van der Waals surface area (Å²) < 4.78 is 0. The molecule has 84 valence electrons. The van der Waals surface area contributed by atoms with Crippen LogP contribution in [0.1, 0.15) is 0 Å². The molecule has 3 N–H and O–H groups in total. The maximum Gasteiger partial charge on any atom is 0.180 e. The summed E-state index contributed by atoms with van der Waals surface area (Å²) in [6.45, 7) is -0.312. The van der Waals surface area contributed by atoms with Gasteiger partial charge in [0.25, 0.3) is 0 Å². The van der Waals surface area contributed by atoms with Crippen LogP contribution in [0.2, 0.25) is 0 Å². The van der Waals surface area contributed by atoms with E-state index >= 15 is 0 Å². The molecule has 0 aliphatic rings. The quantitative estimate of drug-likeness (QED) is 0.660. The van der Waals surface area contributed by atoms with Gasteiger partial charge in [-0.15, -0.1) is 0 Å². The van der Waals surface area contributed by atoms with Gasteiger partial charge in [-0.25, -0.2) is 9.97 Å². The average molecular weight is 220 g/mol. The molecule has 6 heteroatoms. The second-order valence-corrected chi connectivity index (χ2v) is 3.30. The van der Waals surface area contributed by atoms with Gasteiger partial charge in [-0.05, 0) is 12.1 Å². The van der Waals surface area contributed by atoms with Gasteiger partial charge in [0.2, 0.25) is 0 Å². The number of aromatic nitrogens is 3. The highest BCUT2D eigenvalue weighted by molar-refractivity contribution is 5.71. The molecular weight excluding hydrogens is 208 g/mol. The summed E-state index contributed by atoms with van der Waals surface area (Å²) in [6, 6.07) is 3.10. The molecule has 0 saturated heterocycles. The molecule has 0 unspecified atom stereocenters. The first-order valence-corrected chi connectivity index (χ1v) is 4.89. The summed E-state index contributed by atoms with van der Waals surface area (Å²) in [6.07, 6.45) is 3.16. The van der Waals surface area contributed by atoms with Gasteiger partial charge in [0, 0.05) is 12.4 Å². The van der Waals surface area contributed by atoms with Crippen molar-refractivity contribution in [3.05, 3.63) is 24.5 Å². The monoisotopic (exact) mass is 220 g/mol. The third-order valence-electron chi connectivity index (χ3n) is 2.12. The van der Waals surface area contributed by atoms with Gasteiger partial charge in [0.05, 0.1) is 19.3 Å². The number of nitrogens with one attached hydrogen (secondary N) is 1. The highest BCUT2D eigenvalue weighted by Gasteiger charge is 2.06. The third kappa shape index (κ3) is 2.23. The lowest BCUT2D eigenvalue weighted by Crippen LogP contribution is -2.28. The zero-order valence-electron chi connectivity index (χ0n) is 8.54. The Morgan fingerprint density at radius 2 is 1.88 bits per heavy atom. The Hall–Kier alpha value is -1.79. The van der Waals surface area contributed by atoms with Crippen molar-refractivity contribution in [2.24, 2.45) is 0 Å². The first kappa shape index (κ1) is 10.7. The van der Waals surface area contributed by atoms with E-state index in [1.54, 1.807) is 24.5 Å². The molecule has 0 atom stereocenters. The molecule has 6 nitrogen and oxygen atoms in total. The van der Waals surface area contributed by atoms with E-state index in [0.29, 0.717) is 17.0 Å². The maximum absolute atomic E-state index is 8.92. The molecule has 2 aromatic rings. The molecule has 0 amide bonds. The second kappa shape index (κ2) is 4.82. The Kier molecular flexibility index (Phi) is 3.23. The van der Waals surface area contributed by atoms with Crippen LogP contribution in [0.4, 0.5) is 5.82 Å². The van der Waals surface area contributed by atoms with E-state index in [4.69, 9.17) is 10.2 Å². The Bertz CT molecular complexity index is 473. The van der Waals surface area contributed by atoms with Gasteiger partial charge in [-0.1, -0.05) is 0 Å². The number of nitrogens with zero attached hydrogens (tertiary/aromatic N) is 3. The molecule has 0 saturated carbocycles. The SMILES string of the molecule is OCC(CO)Nc1ccc2nccnc2n1. The van der Waals surface area contributed by atoms with Gasteiger partial charge in [0.15, 0.2) is 5.65 Å². The van der Waals surface area contributed by atoms with Gasteiger partial charge in [0.1, 0.15) is 11.3 Å². The first-order chi connectivity index (χ1) is 7.83. The molecule has 0 aliphatic carbocycles. The number of rotatable bonds is 4. The molecule has 0 fully saturated rings. The molecule has 0 spiro atoms. The first-order valence-electron chi connectivity index (χ1n) is 4.89. The van der Waals surface area contributed by atoms with E-state index in [9.17, 15) is 0 Å². The fraction of sp³-hybridized carbons (Fsp3) is 0.300. The van der Waals surface area contributed by atoms with E-state index in [-0.39, 0.29) is 13.2 Å². The Morgan fingerprint density at radius 3 is 2.62 bits per heavy atom. The molecule has 0 bridgehead atoms. The average Bonchev–Trinajstić information content (AvgIpc) is 2.35. The van der Waals surface area contributed by atoms with Crippen LogP contribution in [-0.2, 0) is 0 Å². The Labute approximate surface area is 92.0 Å². The van der Waals surface area contributed by atoms with Crippen molar-refractivity contribution in [1.82, 2.24) is 15.0 Å². The van der Waals surface area contributed by atoms with E-state index in [2.05, 4.69) is 20.3 Å². The van der Waals surface area contributed by atoms with E-state index < -0.39 is 6.04 Å². The van der Waals surface area contributed by atoms with Crippen LogP contribution in [0.15, 0.2) is 24.5 Å². The molecule has 16 heavy (non-hydrogen) atoms. The predicted octanol–water partition coefficient (Wildman–Crippen LogP) is -0.210. The minimum Gasteiger partial charge on any atom is -0.394 e. The van der Waals surface area contributed by atoms with Crippen LogP contribution in [0.3, 0.4) is 0 Å². The summed E-state index contributed by atoms with van der Waals surface area (Å²) in [4.78, 5) is 12.4. The summed E-state index contributed by atoms with van der Waals surface area (Å²) >= 11 is 0. The zero-order chi connectivity index (χ0) is 11.4. The fourth-order valence-corrected chi connectivity index (χ4v) is 1.29. The van der Waals surface area contributed by atoms with E-state index in [1.165, 1.54) is 0 Å². The topological polar surface area (TPSA) is 91.2 Å². The van der Waals surface area contributed by atoms with Crippen molar-refractivity contribution >= 4 is 17.0 Å². The van der Waals surface area contributed by atoms with Gasteiger partial charge in [-0.2, -0.15) is 0 Å². The van der Waals surface area contributed by atoms with Crippen molar-refractivity contribution in [2.45, 2.75) is 6.04 Å². The summed E-state index contributed by atoms with van der Waals surface area (Å²) in [5.41, 5.74) is 1.24. The van der Waals surface area contributed by atoms with Crippen LogP contribution in [0, 0.1) is 0 Å². The van der Waals surface area contributed by atoms with Gasteiger partial charge < -0.3 is 15.5 Å². The van der Waals surface area contributed by atoms with Gasteiger partial charge >= 0.3 is 0 Å². The van der Waals surface area contributed by atoms with Gasteiger partial charge in [-0.3, -0.25) is 4.98 Å². The lowest BCUT2D eigenvalue weighted by atomic mass is 10.3. The largest absolute Gasteiger partial charge is 0.394 e. The van der Waals surface area contributed by atoms with Crippen molar-refractivity contribution in [3.8, 4) is 0 Å². The van der Waals surface area contributed by atoms with Crippen molar-refractivity contribution < 1.29 is 10.2 Å². The second-order valence-electron chi connectivity index (χ2n) is 3.30. The van der Waals surface area contributed by atoms with Crippen molar-refractivity contribution in [3.63, 3.8) is 0 Å². The molecular formula is C10H12N4O2. The number of aliphatic hydroxyl groups is 2. The minimum atomic E-state index is -0.415. The molecule has 2 rings (SSSR count). The summed E-state index contributed by atoms with van der Waals surface area (Å²) in [5, 5.41) is 20.7. The molecule has 0 radical (unpaired) electrons. The number of pyridine rings is 1. The standard InChI is InChI=1S/C10H12N4O2/c15-5-7(6-16)13-9-2-1-8-10(14-9)12-4-3-11-8/h1-4,7,15-16H,5-6H2,(H,12,13,14). The normalized spacial score (nSPS) is 10.9. The van der Waals surface area contributed by atoms with E-state index in [0.717, 1.165) is 0 Å². The lowest BCUT2D eigenvalue weighted by molar-refractivity contribution is 0.203. The van der Waals surface area contributed by atoms with Crippen molar-refractivity contribution in [2.75, 3.05) is 18.5 Å². The van der Waals surface area contributed by atoms with Crippen LogP contribution in [0.5, 0.6) is 0 Å². The Balaban J connectivity index is 2.25. The summed E-state index contributed by atoms with van der Waals surface area (Å²) in [7, 11) is 0. The minimum absolute atomic E-state index is 0.156. The molecule has 0 aromatic carbocycles. The molecule has 2 heterocycles. The molecule has 2 aromatic heterocycles. The van der Waals surface area contributed by atoms with Crippen LogP contribution in [0.25, 0.3) is 11.2 Å². The molecule has 0 aliphatic heterocycles. The summed E-state index contributed by atoms with van der Waals surface area (Å²) in [5.74, 6) is 0.557. The number of hydrogen-bond acceptors (Lipinski definition) is 6. The van der Waals surface area contributed by atoms with E-state index in [1.807, 2.05) is 0 Å². The number of hydrogen-bond donors (Lipinski definition) is 3. The van der Waals surface area contributed by atoms with Crippen LogP contribution < -0.4 is 5.32 Å². The number of anilines is 1. The Morgan fingerprint density at radius 1 is 1.12 bits per heavy atom.